The summed E-state index contributed by atoms with van der Waals surface area (Å²) in [4.78, 5) is 17.2. The zero-order valence-electron chi connectivity index (χ0n) is 18.3. The van der Waals surface area contributed by atoms with E-state index in [4.69, 9.17) is 9.05 Å². The van der Waals surface area contributed by atoms with Crippen LogP contribution >= 0.6 is 31.3 Å². The van der Waals surface area contributed by atoms with Crippen molar-refractivity contribution in [1.29, 1.82) is 0 Å². The molecule has 0 saturated carbocycles. The standard InChI is InChI=1S/C28H19O4PS2/c29-33(30,31-23-17-19-9-1-5-13-25(19)34-27-15-7-3-11-21(23)27)32-24-18-20-10-2-6-14-26(20)35-28-16-8-4-12-22(24)28/h1-18H,(H,29,30)/p-1. The van der Waals surface area contributed by atoms with E-state index in [0.29, 0.717) is 11.1 Å². The second-order valence-corrected chi connectivity index (χ2v) is 11.3. The van der Waals surface area contributed by atoms with Gasteiger partial charge in [0.05, 0.1) is 0 Å². The number of hydrogen-bond acceptors (Lipinski definition) is 6. The Morgan fingerprint density at radius 2 is 0.914 bits per heavy atom. The second-order valence-electron chi connectivity index (χ2n) is 7.92. The van der Waals surface area contributed by atoms with Crippen LogP contribution in [0.15, 0.2) is 117 Å². The number of fused-ring (bicyclic) bond motifs is 4. The molecule has 2 aliphatic rings. The highest BCUT2D eigenvalue weighted by Gasteiger charge is 2.25. The molecule has 4 aromatic carbocycles. The van der Waals surface area contributed by atoms with E-state index < -0.39 is 7.82 Å². The Labute approximate surface area is 211 Å². The van der Waals surface area contributed by atoms with Gasteiger partial charge in [-0.3, -0.25) is 0 Å². The average Bonchev–Trinajstić information content (AvgIpc) is 3.11. The van der Waals surface area contributed by atoms with E-state index in [1.165, 1.54) is 0 Å². The molecule has 0 unspecified atom stereocenters. The maximum Gasteiger partial charge on any atom is 0.372 e. The van der Waals surface area contributed by atoms with Crippen LogP contribution in [0.5, 0.6) is 0 Å². The van der Waals surface area contributed by atoms with Crippen molar-refractivity contribution in [2.75, 3.05) is 0 Å². The summed E-state index contributed by atoms with van der Waals surface area (Å²) in [6.45, 7) is 0. The van der Waals surface area contributed by atoms with Gasteiger partial charge in [-0.25, -0.2) is 4.57 Å². The highest BCUT2D eigenvalue weighted by Crippen LogP contribution is 2.52. The van der Waals surface area contributed by atoms with Gasteiger partial charge in [0.15, 0.2) is 0 Å². The minimum absolute atomic E-state index is 0.230. The molecule has 0 N–H and O–H groups in total. The number of benzene rings is 4. The molecule has 4 nitrogen and oxygen atoms in total. The highest BCUT2D eigenvalue weighted by molar-refractivity contribution is 7.99. The van der Waals surface area contributed by atoms with E-state index in [1.807, 2.05) is 97.1 Å². The molecule has 4 aromatic rings. The van der Waals surface area contributed by atoms with E-state index in [2.05, 4.69) is 0 Å². The summed E-state index contributed by atoms with van der Waals surface area (Å²) in [5.41, 5.74) is 3.16. The molecular formula is C28H18O4PS2-. The van der Waals surface area contributed by atoms with E-state index in [0.717, 1.165) is 30.7 Å². The molecule has 2 heterocycles. The van der Waals surface area contributed by atoms with Crippen molar-refractivity contribution < 1.29 is 18.5 Å². The summed E-state index contributed by atoms with van der Waals surface area (Å²) < 4.78 is 24.7. The van der Waals surface area contributed by atoms with Crippen LogP contribution in [0.2, 0.25) is 0 Å². The molecule has 0 aromatic heterocycles. The average molecular weight is 514 g/mol. The van der Waals surface area contributed by atoms with E-state index in [1.54, 1.807) is 35.7 Å². The molecule has 0 radical (unpaired) electrons. The topological polar surface area (TPSA) is 58.6 Å². The summed E-state index contributed by atoms with van der Waals surface area (Å²) >= 11 is 3.15. The molecule has 172 valence electrons. The Morgan fingerprint density at radius 3 is 1.37 bits per heavy atom. The van der Waals surface area contributed by atoms with Gasteiger partial charge in [0.25, 0.3) is 0 Å². The predicted molar refractivity (Wildman–Crippen MR) is 140 cm³/mol. The molecule has 0 fully saturated rings. The first-order valence-electron chi connectivity index (χ1n) is 10.9. The summed E-state index contributed by atoms with van der Waals surface area (Å²) in [5.74, 6) is 0.460. The van der Waals surface area contributed by atoms with Crippen LogP contribution in [0.3, 0.4) is 0 Å². The fraction of sp³-hybridized carbons (Fsp3) is 0. The molecule has 0 amide bonds. The van der Waals surface area contributed by atoms with Gasteiger partial charge in [-0.2, -0.15) is 0 Å². The quantitative estimate of drug-likeness (QED) is 0.259. The minimum Gasteiger partial charge on any atom is -0.736 e. The third-order valence-corrected chi connectivity index (χ3v) is 8.75. The lowest BCUT2D eigenvalue weighted by Gasteiger charge is -2.27. The molecule has 0 saturated heterocycles. The van der Waals surface area contributed by atoms with Crippen LogP contribution < -0.4 is 4.89 Å². The lowest BCUT2D eigenvalue weighted by molar-refractivity contribution is -0.213. The Hall–Kier alpha value is -3.15. The van der Waals surface area contributed by atoms with Crippen molar-refractivity contribution in [2.45, 2.75) is 19.6 Å². The fourth-order valence-corrected chi connectivity index (χ4v) is 6.92. The summed E-state index contributed by atoms with van der Waals surface area (Å²) in [5, 5.41) is 0. The van der Waals surface area contributed by atoms with Crippen molar-refractivity contribution in [3.8, 4) is 0 Å². The van der Waals surface area contributed by atoms with Gasteiger partial charge >= 0.3 is 7.82 Å². The Morgan fingerprint density at radius 1 is 0.543 bits per heavy atom. The van der Waals surface area contributed by atoms with Crippen LogP contribution in [0.4, 0.5) is 0 Å². The molecule has 2 aliphatic heterocycles. The zero-order chi connectivity index (χ0) is 23.8. The molecule has 0 atom stereocenters. The van der Waals surface area contributed by atoms with Crippen molar-refractivity contribution >= 4 is 55.0 Å². The van der Waals surface area contributed by atoms with Gasteiger partial charge in [0, 0.05) is 30.7 Å². The second kappa shape index (κ2) is 9.14. The number of phosphoric ester groups is 1. The number of hydrogen-bond donors (Lipinski definition) is 0. The molecule has 0 spiro atoms. The molecule has 6 rings (SSSR count). The van der Waals surface area contributed by atoms with Crippen molar-refractivity contribution in [1.82, 2.24) is 0 Å². The van der Waals surface area contributed by atoms with Crippen LogP contribution in [-0.2, 0) is 13.6 Å². The lowest BCUT2D eigenvalue weighted by Crippen LogP contribution is -2.08. The molecule has 35 heavy (non-hydrogen) atoms. The van der Waals surface area contributed by atoms with E-state index >= 15 is 0 Å². The van der Waals surface area contributed by atoms with Crippen LogP contribution in [0.1, 0.15) is 22.3 Å². The monoisotopic (exact) mass is 513 g/mol. The molecule has 0 bridgehead atoms. The summed E-state index contributed by atoms with van der Waals surface area (Å²) in [7, 11) is -4.81. The van der Waals surface area contributed by atoms with Gasteiger partial charge in [0.2, 0.25) is 0 Å². The predicted octanol–water partition coefficient (Wildman–Crippen LogP) is 7.81. The Bertz CT molecular complexity index is 1450. The normalized spacial score (nSPS) is 14.1. The van der Waals surface area contributed by atoms with E-state index in [-0.39, 0.29) is 11.5 Å². The molecule has 0 aliphatic carbocycles. The molecule has 7 heteroatoms. The first-order valence-corrected chi connectivity index (χ1v) is 14.0. The summed E-state index contributed by atoms with van der Waals surface area (Å²) in [6, 6.07) is 30.8. The van der Waals surface area contributed by atoms with Gasteiger partial charge < -0.3 is 13.9 Å². The lowest BCUT2D eigenvalue weighted by atomic mass is 10.1. The van der Waals surface area contributed by atoms with Crippen LogP contribution in [0.25, 0.3) is 23.7 Å². The van der Waals surface area contributed by atoms with Gasteiger partial charge in [-0.15, -0.1) is 0 Å². The number of phosphoric acid groups is 1. The number of rotatable bonds is 4. The Balaban J connectivity index is 1.39. The summed E-state index contributed by atoms with van der Waals surface area (Å²) in [6.07, 6.45) is 3.51. The maximum absolute atomic E-state index is 13.3. The third kappa shape index (κ3) is 4.58. The fourth-order valence-electron chi connectivity index (χ4n) is 3.99. The van der Waals surface area contributed by atoms with Gasteiger partial charge in [-0.1, -0.05) is 96.3 Å². The SMILES string of the molecule is O=P([O-])(OC1=Cc2ccccc2Sc2ccccc21)OC1=Cc2ccccc2Sc2ccccc21. The zero-order valence-corrected chi connectivity index (χ0v) is 20.8. The van der Waals surface area contributed by atoms with Crippen LogP contribution in [0, 0.1) is 0 Å². The Kier molecular flexibility index (Phi) is 5.83. The van der Waals surface area contributed by atoms with Crippen LogP contribution in [-0.4, -0.2) is 0 Å². The van der Waals surface area contributed by atoms with Crippen molar-refractivity contribution in [2.24, 2.45) is 0 Å². The third-order valence-electron chi connectivity index (χ3n) is 5.58. The van der Waals surface area contributed by atoms with Gasteiger partial charge in [0.1, 0.15) is 11.5 Å². The van der Waals surface area contributed by atoms with E-state index in [9.17, 15) is 9.46 Å². The van der Waals surface area contributed by atoms with Crippen molar-refractivity contribution in [3.63, 3.8) is 0 Å². The highest BCUT2D eigenvalue weighted by atomic mass is 32.2. The first kappa shape index (κ1) is 22.3. The smallest absolute Gasteiger partial charge is 0.372 e. The van der Waals surface area contributed by atoms with Crippen molar-refractivity contribution in [3.05, 3.63) is 119 Å². The van der Waals surface area contributed by atoms with Gasteiger partial charge in [-0.05, 0) is 47.5 Å². The maximum atomic E-state index is 13.3. The first-order chi connectivity index (χ1) is 17.1. The largest absolute Gasteiger partial charge is 0.736 e. The minimum atomic E-state index is -4.81. The molecular weight excluding hydrogens is 495 g/mol.